The second kappa shape index (κ2) is 10.4. The molecule has 0 unspecified atom stereocenters. The van der Waals surface area contributed by atoms with Crippen LogP contribution in [0.15, 0.2) is 60.7 Å². The van der Waals surface area contributed by atoms with Gasteiger partial charge in [-0.2, -0.15) is 15.0 Å². The standard InChI is InChI=1S/C21H24N6OS/c1-15(19(28)23-13-12-16-8-4-2-5-9-16)29-14-18-25-20(22)27-21(26-18)24-17-10-6-3-7-11-17/h2-11,15H,12-14H2,1H3,(H,23,28)(H3,22,24,25,26,27)/t15-/m0/s1. The molecule has 1 atom stereocenters. The fourth-order valence-electron chi connectivity index (χ4n) is 2.60. The summed E-state index contributed by atoms with van der Waals surface area (Å²) in [4.78, 5) is 25.0. The minimum absolute atomic E-state index is 0.00408. The van der Waals surface area contributed by atoms with Gasteiger partial charge >= 0.3 is 0 Å². The number of carbonyl (C=O) groups excluding carboxylic acids is 1. The quantitative estimate of drug-likeness (QED) is 0.499. The zero-order valence-corrected chi connectivity index (χ0v) is 17.0. The number of hydrogen-bond acceptors (Lipinski definition) is 7. The first-order chi connectivity index (χ1) is 14.1. The van der Waals surface area contributed by atoms with E-state index in [1.165, 1.54) is 17.3 Å². The molecule has 29 heavy (non-hydrogen) atoms. The summed E-state index contributed by atoms with van der Waals surface area (Å²) in [5.41, 5.74) is 7.87. The molecule has 0 saturated carbocycles. The van der Waals surface area contributed by atoms with E-state index in [2.05, 4.69) is 37.7 Å². The number of amides is 1. The van der Waals surface area contributed by atoms with Gasteiger partial charge in [0.05, 0.1) is 11.0 Å². The molecule has 8 heteroatoms. The Bertz CT molecular complexity index is 923. The van der Waals surface area contributed by atoms with Crippen LogP contribution < -0.4 is 16.4 Å². The first kappa shape index (κ1) is 20.6. The molecule has 1 heterocycles. The van der Waals surface area contributed by atoms with Gasteiger partial charge in [-0.15, -0.1) is 11.8 Å². The fourth-order valence-corrected chi connectivity index (χ4v) is 3.37. The minimum Gasteiger partial charge on any atom is -0.368 e. The number of thioether (sulfide) groups is 1. The highest BCUT2D eigenvalue weighted by atomic mass is 32.2. The SMILES string of the molecule is C[C@H](SCc1nc(N)nc(Nc2ccccc2)n1)C(=O)NCCc1ccccc1. The maximum absolute atomic E-state index is 12.3. The average molecular weight is 409 g/mol. The van der Waals surface area contributed by atoms with Gasteiger partial charge in [-0.25, -0.2) is 0 Å². The first-order valence-electron chi connectivity index (χ1n) is 9.36. The van der Waals surface area contributed by atoms with Crippen LogP contribution in [0, 0.1) is 0 Å². The van der Waals surface area contributed by atoms with Crippen LogP contribution in [0.4, 0.5) is 17.6 Å². The van der Waals surface area contributed by atoms with Crippen molar-refractivity contribution in [3.63, 3.8) is 0 Å². The van der Waals surface area contributed by atoms with Crippen LogP contribution in [0.25, 0.3) is 0 Å². The van der Waals surface area contributed by atoms with Crippen LogP contribution in [0.1, 0.15) is 18.3 Å². The predicted octanol–water partition coefficient (Wildman–Crippen LogP) is 3.18. The molecule has 0 spiro atoms. The van der Waals surface area contributed by atoms with Gasteiger partial charge in [-0.1, -0.05) is 48.5 Å². The molecule has 0 aliphatic heterocycles. The van der Waals surface area contributed by atoms with E-state index in [-0.39, 0.29) is 17.1 Å². The van der Waals surface area contributed by atoms with Gasteiger partial charge in [0.25, 0.3) is 0 Å². The van der Waals surface area contributed by atoms with Gasteiger partial charge in [-0.3, -0.25) is 4.79 Å². The minimum atomic E-state index is -0.228. The molecule has 3 rings (SSSR count). The number of nitrogen functional groups attached to an aromatic ring is 1. The molecule has 0 bridgehead atoms. The van der Waals surface area contributed by atoms with Crippen LogP contribution in [0.2, 0.25) is 0 Å². The maximum Gasteiger partial charge on any atom is 0.232 e. The molecule has 2 aromatic carbocycles. The van der Waals surface area contributed by atoms with Crippen LogP contribution in [0.5, 0.6) is 0 Å². The Labute approximate surface area is 174 Å². The van der Waals surface area contributed by atoms with Gasteiger partial charge in [0.1, 0.15) is 5.82 Å². The van der Waals surface area contributed by atoms with Crippen molar-refractivity contribution in [3.05, 3.63) is 72.1 Å². The third-order valence-corrected chi connectivity index (χ3v) is 5.26. The zero-order chi connectivity index (χ0) is 20.5. The van der Waals surface area contributed by atoms with Gasteiger partial charge in [0, 0.05) is 12.2 Å². The van der Waals surface area contributed by atoms with Crippen LogP contribution in [0.3, 0.4) is 0 Å². The van der Waals surface area contributed by atoms with E-state index >= 15 is 0 Å². The number of nitrogens with zero attached hydrogens (tertiary/aromatic N) is 3. The Balaban J connectivity index is 1.48. The van der Waals surface area contributed by atoms with Crippen LogP contribution in [-0.2, 0) is 17.0 Å². The van der Waals surface area contributed by atoms with Crippen molar-refractivity contribution in [3.8, 4) is 0 Å². The van der Waals surface area contributed by atoms with E-state index in [4.69, 9.17) is 5.73 Å². The second-order valence-electron chi connectivity index (χ2n) is 6.40. The van der Waals surface area contributed by atoms with Crippen molar-refractivity contribution >= 4 is 35.3 Å². The number of carbonyl (C=O) groups is 1. The van der Waals surface area contributed by atoms with Crippen LogP contribution >= 0.6 is 11.8 Å². The number of hydrogen-bond donors (Lipinski definition) is 3. The third-order valence-electron chi connectivity index (χ3n) is 4.12. The molecule has 4 N–H and O–H groups in total. The first-order valence-corrected chi connectivity index (χ1v) is 10.4. The largest absolute Gasteiger partial charge is 0.368 e. The number of anilines is 3. The molecule has 1 amide bonds. The molecule has 0 aliphatic rings. The summed E-state index contributed by atoms with van der Waals surface area (Å²) >= 11 is 1.46. The smallest absolute Gasteiger partial charge is 0.232 e. The Morgan fingerprint density at radius 3 is 2.45 bits per heavy atom. The van der Waals surface area contributed by atoms with Crippen molar-refractivity contribution in [2.45, 2.75) is 24.3 Å². The van der Waals surface area contributed by atoms with Crippen molar-refractivity contribution in [1.82, 2.24) is 20.3 Å². The van der Waals surface area contributed by atoms with Crippen LogP contribution in [-0.4, -0.2) is 32.7 Å². The summed E-state index contributed by atoms with van der Waals surface area (Å²) in [5.74, 6) is 1.53. The van der Waals surface area contributed by atoms with Gasteiger partial charge in [-0.05, 0) is 31.0 Å². The lowest BCUT2D eigenvalue weighted by molar-refractivity contribution is -0.120. The number of para-hydroxylation sites is 1. The summed E-state index contributed by atoms with van der Waals surface area (Å²) in [5, 5.41) is 5.85. The monoisotopic (exact) mass is 408 g/mol. The predicted molar refractivity (Wildman–Crippen MR) is 118 cm³/mol. The highest BCUT2D eigenvalue weighted by molar-refractivity contribution is 7.99. The van der Waals surface area contributed by atoms with Crippen molar-refractivity contribution in [2.75, 3.05) is 17.6 Å². The van der Waals surface area contributed by atoms with Gasteiger partial charge < -0.3 is 16.4 Å². The van der Waals surface area contributed by atoms with E-state index in [0.717, 1.165) is 12.1 Å². The molecule has 0 aliphatic carbocycles. The Hall–Kier alpha value is -3.13. The highest BCUT2D eigenvalue weighted by Gasteiger charge is 2.14. The lowest BCUT2D eigenvalue weighted by Crippen LogP contribution is -2.32. The fraction of sp³-hybridized carbons (Fsp3) is 0.238. The van der Waals surface area contributed by atoms with E-state index in [1.807, 2.05) is 55.5 Å². The number of nitrogens with two attached hydrogens (primary N) is 1. The summed E-state index contributed by atoms with van der Waals surface area (Å²) in [6.07, 6.45) is 0.808. The summed E-state index contributed by atoms with van der Waals surface area (Å²) < 4.78 is 0. The topological polar surface area (TPSA) is 106 Å². The average Bonchev–Trinajstić information content (AvgIpc) is 2.73. The van der Waals surface area contributed by atoms with E-state index in [9.17, 15) is 4.79 Å². The normalized spacial score (nSPS) is 11.6. The highest BCUT2D eigenvalue weighted by Crippen LogP contribution is 2.18. The van der Waals surface area contributed by atoms with Crippen molar-refractivity contribution in [1.29, 1.82) is 0 Å². The molecular weight excluding hydrogens is 384 g/mol. The van der Waals surface area contributed by atoms with E-state index in [0.29, 0.717) is 24.1 Å². The Morgan fingerprint density at radius 2 is 1.72 bits per heavy atom. The number of rotatable bonds is 9. The third kappa shape index (κ3) is 6.76. The second-order valence-corrected chi connectivity index (χ2v) is 7.73. The number of nitrogens with one attached hydrogen (secondary N) is 2. The summed E-state index contributed by atoms with van der Waals surface area (Å²) in [6, 6.07) is 19.7. The molecule has 0 saturated heterocycles. The van der Waals surface area contributed by atoms with Gasteiger partial charge in [0.15, 0.2) is 0 Å². The maximum atomic E-state index is 12.3. The number of benzene rings is 2. The van der Waals surface area contributed by atoms with Crippen molar-refractivity contribution in [2.24, 2.45) is 0 Å². The molecular formula is C21H24N6OS. The van der Waals surface area contributed by atoms with Gasteiger partial charge in [0.2, 0.25) is 17.8 Å². The molecule has 0 fully saturated rings. The molecule has 1 aromatic heterocycles. The lowest BCUT2D eigenvalue weighted by Gasteiger charge is -2.12. The zero-order valence-electron chi connectivity index (χ0n) is 16.2. The van der Waals surface area contributed by atoms with Crippen molar-refractivity contribution < 1.29 is 4.79 Å². The molecule has 3 aromatic rings. The molecule has 7 nitrogen and oxygen atoms in total. The summed E-state index contributed by atoms with van der Waals surface area (Å²) in [6.45, 7) is 2.48. The van der Waals surface area contributed by atoms with E-state index in [1.54, 1.807) is 0 Å². The lowest BCUT2D eigenvalue weighted by atomic mass is 10.1. The molecule has 150 valence electrons. The van der Waals surface area contributed by atoms with E-state index < -0.39 is 0 Å². The summed E-state index contributed by atoms with van der Waals surface area (Å²) in [7, 11) is 0. The molecule has 0 radical (unpaired) electrons. The number of aromatic nitrogens is 3. The Morgan fingerprint density at radius 1 is 1.03 bits per heavy atom. The Kier molecular flexibility index (Phi) is 7.40.